The number of esters is 1. The van der Waals surface area contributed by atoms with Gasteiger partial charge in [-0.2, -0.15) is 0 Å². The number of hydrogen-bond donors (Lipinski definition) is 1. The first-order chi connectivity index (χ1) is 13.4. The lowest BCUT2D eigenvalue weighted by atomic mass is 10.1. The maximum atomic E-state index is 12.3. The van der Waals surface area contributed by atoms with Gasteiger partial charge >= 0.3 is 5.97 Å². The number of hydrogen-bond acceptors (Lipinski definition) is 7. The third-order valence-corrected chi connectivity index (χ3v) is 3.81. The minimum atomic E-state index is -0.718. The Balaban J connectivity index is 1.63. The van der Waals surface area contributed by atoms with Crippen molar-refractivity contribution in [3.63, 3.8) is 0 Å². The Morgan fingerprint density at radius 2 is 1.89 bits per heavy atom. The van der Waals surface area contributed by atoms with Crippen molar-refractivity contribution in [3.8, 4) is 17.2 Å². The number of benzene rings is 2. The average molecular weight is 381 g/mol. The van der Waals surface area contributed by atoms with Crippen molar-refractivity contribution < 1.29 is 23.5 Å². The largest absolute Gasteiger partial charge is 0.484 e. The van der Waals surface area contributed by atoms with Gasteiger partial charge in [-0.3, -0.25) is 4.79 Å². The molecule has 3 rings (SSSR count). The standard InChI is InChI=1S/C20H19N3O5/c1-12-4-3-5-15(10-12)19-23-22-18(28-19)13(2)27-20(25)14-6-8-16(9-7-14)26-11-17(21)24/h3-10,13H,11H2,1-2H3,(H2,21,24). The Kier molecular flexibility index (Phi) is 5.69. The van der Waals surface area contributed by atoms with Crippen LogP contribution in [0.4, 0.5) is 0 Å². The fourth-order valence-corrected chi connectivity index (χ4v) is 2.41. The SMILES string of the molecule is Cc1cccc(-c2nnc(C(C)OC(=O)c3ccc(OCC(N)=O)cc3)o2)c1. The zero-order valence-electron chi connectivity index (χ0n) is 15.4. The van der Waals surface area contributed by atoms with Crippen LogP contribution in [0.15, 0.2) is 52.9 Å². The first kappa shape index (κ1) is 19.1. The van der Waals surface area contributed by atoms with Crippen LogP contribution in [0.25, 0.3) is 11.5 Å². The summed E-state index contributed by atoms with van der Waals surface area (Å²) in [4.78, 5) is 23.0. The lowest BCUT2D eigenvalue weighted by molar-refractivity contribution is -0.119. The van der Waals surface area contributed by atoms with Crippen LogP contribution in [-0.4, -0.2) is 28.7 Å². The second-order valence-electron chi connectivity index (χ2n) is 6.14. The molecule has 0 radical (unpaired) electrons. The number of aromatic nitrogens is 2. The van der Waals surface area contributed by atoms with E-state index in [1.165, 1.54) is 12.1 Å². The van der Waals surface area contributed by atoms with E-state index in [0.717, 1.165) is 11.1 Å². The lowest BCUT2D eigenvalue weighted by Crippen LogP contribution is -2.20. The van der Waals surface area contributed by atoms with E-state index in [-0.39, 0.29) is 12.5 Å². The highest BCUT2D eigenvalue weighted by atomic mass is 16.6. The maximum Gasteiger partial charge on any atom is 0.338 e. The Morgan fingerprint density at radius 3 is 2.57 bits per heavy atom. The minimum Gasteiger partial charge on any atom is -0.484 e. The molecular weight excluding hydrogens is 362 g/mol. The van der Waals surface area contributed by atoms with Crippen LogP contribution in [0.5, 0.6) is 5.75 Å². The zero-order chi connectivity index (χ0) is 20.1. The van der Waals surface area contributed by atoms with Crippen molar-refractivity contribution in [2.45, 2.75) is 20.0 Å². The number of ether oxygens (including phenoxy) is 2. The highest BCUT2D eigenvalue weighted by molar-refractivity contribution is 5.89. The number of rotatable bonds is 7. The van der Waals surface area contributed by atoms with Gasteiger partial charge in [0.2, 0.25) is 5.89 Å². The van der Waals surface area contributed by atoms with Gasteiger partial charge in [0, 0.05) is 5.56 Å². The van der Waals surface area contributed by atoms with Gasteiger partial charge in [0.1, 0.15) is 5.75 Å². The molecule has 3 aromatic rings. The molecule has 144 valence electrons. The second-order valence-corrected chi connectivity index (χ2v) is 6.14. The molecule has 1 amide bonds. The Bertz CT molecular complexity index is 982. The van der Waals surface area contributed by atoms with E-state index >= 15 is 0 Å². The summed E-state index contributed by atoms with van der Waals surface area (Å²) >= 11 is 0. The van der Waals surface area contributed by atoms with Crippen LogP contribution < -0.4 is 10.5 Å². The normalized spacial score (nSPS) is 11.6. The molecule has 1 heterocycles. The third-order valence-electron chi connectivity index (χ3n) is 3.81. The predicted molar refractivity (Wildman–Crippen MR) is 99.4 cm³/mol. The molecule has 0 fully saturated rings. The number of nitrogens with two attached hydrogens (primary N) is 1. The molecule has 0 aliphatic carbocycles. The van der Waals surface area contributed by atoms with Crippen molar-refractivity contribution in [2.24, 2.45) is 5.73 Å². The van der Waals surface area contributed by atoms with Gasteiger partial charge in [-0.05, 0) is 50.2 Å². The molecular formula is C20H19N3O5. The fourth-order valence-electron chi connectivity index (χ4n) is 2.41. The quantitative estimate of drug-likeness (QED) is 0.625. The fraction of sp³-hybridized carbons (Fsp3) is 0.200. The van der Waals surface area contributed by atoms with E-state index in [4.69, 9.17) is 19.6 Å². The van der Waals surface area contributed by atoms with E-state index in [1.54, 1.807) is 19.1 Å². The van der Waals surface area contributed by atoms with E-state index < -0.39 is 18.0 Å². The summed E-state index contributed by atoms with van der Waals surface area (Å²) in [7, 11) is 0. The zero-order valence-corrected chi connectivity index (χ0v) is 15.4. The summed E-state index contributed by atoms with van der Waals surface area (Å²) in [6.07, 6.45) is -0.718. The molecule has 0 aliphatic rings. The van der Waals surface area contributed by atoms with Gasteiger partial charge in [-0.25, -0.2) is 4.79 Å². The third kappa shape index (κ3) is 4.73. The van der Waals surface area contributed by atoms with Crippen LogP contribution in [-0.2, 0) is 9.53 Å². The number of aryl methyl sites for hydroxylation is 1. The van der Waals surface area contributed by atoms with Gasteiger partial charge in [0.25, 0.3) is 11.8 Å². The molecule has 8 heteroatoms. The van der Waals surface area contributed by atoms with E-state index in [0.29, 0.717) is 17.2 Å². The molecule has 0 aliphatic heterocycles. The predicted octanol–water partition coefficient (Wildman–Crippen LogP) is 2.83. The van der Waals surface area contributed by atoms with E-state index in [9.17, 15) is 9.59 Å². The second kappa shape index (κ2) is 8.34. The number of amides is 1. The highest BCUT2D eigenvalue weighted by Gasteiger charge is 2.20. The summed E-state index contributed by atoms with van der Waals surface area (Å²) in [5, 5.41) is 7.98. The Morgan fingerprint density at radius 1 is 1.14 bits per heavy atom. The molecule has 28 heavy (non-hydrogen) atoms. The van der Waals surface area contributed by atoms with Crippen molar-refractivity contribution in [1.82, 2.24) is 10.2 Å². The van der Waals surface area contributed by atoms with Gasteiger partial charge in [0.15, 0.2) is 12.7 Å². The number of nitrogens with zero attached hydrogens (tertiary/aromatic N) is 2. The summed E-state index contributed by atoms with van der Waals surface area (Å²) < 4.78 is 16.2. The molecule has 0 saturated heterocycles. The van der Waals surface area contributed by atoms with Crippen LogP contribution in [0.1, 0.15) is 34.8 Å². The average Bonchev–Trinajstić information content (AvgIpc) is 3.17. The van der Waals surface area contributed by atoms with E-state index in [1.807, 2.05) is 31.2 Å². The molecule has 0 bridgehead atoms. The van der Waals surface area contributed by atoms with Crippen molar-refractivity contribution in [3.05, 3.63) is 65.5 Å². The van der Waals surface area contributed by atoms with Crippen molar-refractivity contribution in [2.75, 3.05) is 6.61 Å². The maximum absolute atomic E-state index is 12.3. The topological polar surface area (TPSA) is 118 Å². The highest BCUT2D eigenvalue weighted by Crippen LogP contribution is 2.24. The first-order valence-electron chi connectivity index (χ1n) is 8.55. The Labute approximate surface area is 161 Å². The number of carbonyl (C=O) groups excluding carboxylic acids is 2. The van der Waals surface area contributed by atoms with Crippen LogP contribution in [0, 0.1) is 6.92 Å². The van der Waals surface area contributed by atoms with Gasteiger partial charge in [-0.1, -0.05) is 17.7 Å². The van der Waals surface area contributed by atoms with Gasteiger partial charge in [0.05, 0.1) is 5.56 Å². The number of primary amides is 1. The molecule has 8 nitrogen and oxygen atoms in total. The lowest BCUT2D eigenvalue weighted by Gasteiger charge is -2.10. The van der Waals surface area contributed by atoms with Crippen molar-refractivity contribution in [1.29, 1.82) is 0 Å². The summed E-state index contributed by atoms with van der Waals surface area (Å²) in [5.41, 5.74) is 7.20. The molecule has 2 N–H and O–H groups in total. The van der Waals surface area contributed by atoms with Crippen molar-refractivity contribution >= 4 is 11.9 Å². The van der Waals surface area contributed by atoms with E-state index in [2.05, 4.69) is 10.2 Å². The van der Waals surface area contributed by atoms with Gasteiger partial charge in [-0.15, -0.1) is 10.2 Å². The van der Waals surface area contributed by atoms with Gasteiger partial charge < -0.3 is 19.6 Å². The summed E-state index contributed by atoms with van der Waals surface area (Å²) in [6.45, 7) is 3.38. The smallest absolute Gasteiger partial charge is 0.338 e. The van der Waals surface area contributed by atoms with Crippen LogP contribution in [0.2, 0.25) is 0 Å². The first-order valence-corrected chi connectivity index (χ1v) is 8.55. The summed E-state index contributed by atoms with van der Waals surface area (Å²) in [6, 6.07) is 13.8. The van der Waals surface area contributed by atoms with Crippen LogP contribution >= 0.6 is 0 Å². The Hall–Kier alpha value is -3.68. The molecule has 1 atom stereocenters. The molecule has 0 saturated carbocycles. The monoisotopic (exact) mass is 381 g/mol. The molecule has 1 aromatic heterocycles. The molecule has 0 spiro atoms. The summed E-state index contributed by atoms with van der Waals surface area (Å²) in [5.74, 6) is -0.155. The van der Waals surface area contributed by atoms with Crippen LogP contribution in [0.3, 0.4) is 0 Å². The minimum absolute atomic E-state index is 0.200. The molecule has 1 unspecified atom stereocenters. The molecule has 2 aromatic carbocycles. The number of carbonyl (C=O) groups is 2.